The third-order valence-corrected chi connectivity index (χ3v) is 7.33. The van der Waals surface area contributed by atoms with E-state index in [0.29, 0.717) is 12.2 Å². The molecule has 0 spiro atoms. The number of fused-ring (bicyclic) bond motifs is 1. The Balaban J connectivity index is 1.68. The Kier molecular flexibility index (Phi) is 7.54. The predicted octanol–water partition coefficient (Wildman–Crippen LogP) is 2.51. The smallest absolute Gasteiger partial charge is 0.418 e. The number of alkyl halides is 3. The summed E-state index contributed by atoms with van der Waals surface area (Å²) in [5.41, 5.74) is -1.67. The molecule has 1 fully saturated rings. The fourth-order valence-corrected chi connectivity index (χ4v) is 5.12. The minimum Gasteiger partial charge on any atom is -0.495 e. The third kappa shape index (κ3) is 5.33. The number of rotatable bonds is 9. The van der Waals surface area contributed by atoms with Gasteiger partial charge in [0.05, 0.1) is 41.9 Å². The van der Waals surface area contributed by atoms with Gasteiger partial charge >= 0.3 is 6.18 Å². The van der Waals surface area contributed by atoms with Crippen molar-refractivity contribution in [3.8, 4) is 5.75 Å². The molecule has 0 bridgehead atoms. The lowest BCUT2D eigenvalue weighted by Gasteiger charge is -2.24. The first-order valence-electron chi connectivity index (χ1n) is 10.9. The maximum absolute atomic E-state index is 13.5. The van der Waals surface area contributed by atoms with Gasteiger partial charge < -0.3 is 35.1 Å². The van der Waals surface area contributed by atoms with Crippen LogP contribution in [-0.4, -0.2) is 75.9 Å². The summed E-state index contributed by atoms with van der Waals surface area (Å²) in [7, 11) is -0.975. The number of aromatic nitrogens is 3. The third-order valence-electron chi connectivity index (χ3n) is 5.42. The number of benzene rings is 1. The Hall–Kier alpha value is -3.14. The number of nitrogens with one attached hydrogen (secondary N) is 4. The number of nitrogens with zero attached hydrogens (tertiary/aromatic N) is 2. The number of hydrogen-bond acceptors (Lipinski definition) is 10. The molecule has 2 aromatic heterocycles. The first-order chi connectivity index (χ1) is 17.1. The summed E-state index contributed by atoms with van der Waals surface area (Å²) in [6.07, 6.45) is -3.79. The van der Waals surface area contributed by atoms with Crippen LogP contribution in [0.25, 0.3) is 11.0 Å². The molecule has 11 nitrogen and oxygen atoms in total. The van der Waals surface area contributed by atoms with E-state index >= 15 is 0 Å². The Morgan fingerprint density at radius 2 is 2.06 bits per heavy atom. The van der Waals surface area contributed by atoms with E-state index < -0.39 is 27.0 Å². The molecule has 0 radical (unpaired) electrons. The monoisotopic (exact) mass is 530 g/mol. The largest absolute Gasteiger partial charge is 0.495 e. The van der Waals surface area contributed by atoms with E-state index in [1.54, 1.807) is 0 Å². The van der Waals surface area contributed by atoms with E-state index in [-0.39, 0.29) is 59.7 Å². The van der Waals surface area contributed by atoms with Crippen LogP contribution in [0.3, 0.4) is 0 Å². The average Bonchev–Trinajstić information content (AvgIpc) is 3.30. The van der Waals surface area contributed by atoms with Crippen molar-refractivity contribution in [2.24, 2.45) is 0 Å². The van der Waals surface area contributed by atoms with Crippen molar-refractivity contribution in [3.05, 3.63) is 30.0 Å². The molecule has 1 atom stereocenters. The highest BCUT2D eigenvalue weighted by Gasteiger charge is 2.36. The molecule has 4 N–H and O–H groups in total. The zero-order chi connectivity index (χ0) is 25.9. The molecule has 0 amide bonds. The number of ether oxygens (including phenoxy) is 3. The molecule has 196 valence electrons. The number of morpholine rings is 1. The van der Waals surface area contributed by atoms with E-state index in [9.17, 15) is 21.6 Å². The van der Waals surface area contributed by atoms with Gasteiger partial charge in [-0.15, -0.1) is 0 Å². The maximum atomic E-state index is 13.5. The van der Waals surface area contributed by atoms with E-state index in [1.165, 1.54) is 32.4 Å². The van der Waals surface area contributed by atoms with Crippen LogP contribution in [0.2, 0.25) is 0 Å². The molecule has 0 saturated carbocycles. The minimum absolute atomic E-state index is 0.00363. The van der Waals surface area contributed by atoms with Crippen molar-refractivity contribution >= 4 is 38.3 Å². The minimum atomic E-state index is -4.61. The Morgan fingerprint density at radius 3 is 2.72 bits per heavy atom. The summed E-state index contributed by atoms with van der Waals surface area (Å²) >= 11 is 0. The lowest BCUT2D eigenvalue weighted by Crippen LogP contribution is -2.43. The summed E-state index contributed by atoms with van der Waals surface area (Å²) in [6, 6.07) is 4.18. The second kappa shape index (κ2) is 10.5. The van der Waals surface area contributed by atoms with Gasteiger partial charge in [0.1, 0.15) is 17.2 Å². The molecule has 3 heterocycles. The molecule has 36 heavy (non-hydrogen) atoms. The number of aromatic amines is 1. The van der Waals surface area contributed by atoms with Gasteiger partial charge in [0, 0.05) is 39.0 Å². The molecule has 1 saturated heterocycles. The second-order valence-electron chi connectivity index (χ2n) is 7.78. The van der Waals surface area contributed by atoms with Crippen molar-refractivity contribution in [2.45, 2.75) is 16.5 Å². The fourth-order valence-electron chi connectivity index (χ4n) is 3.68. The number of halogens is 3. The lowest BCUT2D eigenvalue weighted by molar-refractivity contribution is -0.136. The highest BCUT2D eigenvalue weighted by Crippen LogP contribution is 2.38. The van der Waals surface area contributed by atoms with Crippen molar-refractivity contribution in [1.82, 2.24) is 20.3 Å². The van der Waals surface area contributed by atoms with E-state index in [1.807, 2.05) is 0 Å². The van der Waals surface area contributed by atoms with Crippen LogP contribution in [0.5, 0.6) is 5.75 Å². The van der Waals surface area contributed by atoms with Gasteiger partial charge in [-0.3, -0.25) is 0 Å². The van der Waals surface area contributed by atoms with Crippen LogP contribution in [-0.2, 0) is 25.5 Å². The van der Waals surface area contributed by atoms with Gasteiger partial charge in [-0.25, -0.2) is 8.42 Å². The summed E-state index contributed by atoms with van der Waals surface area (Å²) < 4.78 is 82.1. The number of hydrogen-bond donors (Lipinski definition) is 4. The average molecular weight is 531 g/mol. The Labute approximate surface area is 204 Å². The molecule has 1 aromatic carbocycles. The first-order valence-corrected chi connectivity index (χ1v) is 12.4. The van der Waals surface area contributed by atoms with E-state index in [2.05, 4.69) is 30.9 Å². The van der Waals surface area contributed by atoms with Crippen molar-refractivity contribution in [2.75, 3.05) is 57.7 Å². The van der Waals surface area contributed by atoms with Gasteiger partial charge in [-0.05, 0) is 12.1 Å². The molecule has 3 aromatic rings. The summed E-state index contributed by atoms with van der Waals surface area (Å²) in [4.78, 5) is 10.9. The zero-order valence-electron chi connectivity index (χ0n) is 19.4. The van der Waals surface area contributed by atoms with Gasteiger partial charge in [-0.1, -0.05) is 0 Å². The number of anilines is 3. The van der Waals surface area contributed by atoms with Crippen molar-refractivity contribution in [1.29, 1.82) is 0 Å². The topological polar surface area (TPSA) is 139 Å². The van der Waals surface area contributed by atoms with Crippen LogP contribution in [0.1, 0.15) is 5.56 Å². The van der Waals surface area contributed by atoms with Crippen LogP contribution in [0.15, 0.2) is 29.3 Å². The highest BCUT2D eigenvalue weighted by molar-refractivity contribution is 7.92. The maximum Gasteiger partial charge on any atom is 0.418 e. The van der Waals surface area contributed by atoms with Crippen LogP contribution >= 0.6 is 0 Å². The van der Waals surface area contributed by atoms with E-state index in [4.69, 9.17) is 14.2 Å². The van der Waals surface area contributed by atoms with Gasteiger partial charge in [0.25, 0.3) is 0 Å². The lowest BCUT2D eigenvalue weighted by atomic mass is 10.2. The van der Waals surface area contributed by atoms with Crippen LogP contribution < -0.4 is 20.7 Å². The summed E-state index contributed by atoms with van der Waals surface area (Å²) in [5, 5.41) is 8.51. The molecule has 1 aliphatic heterocycles. The molecular formula is C21H25F3N6O5S. The van der Waals surface area contributed by atoms with E-state index in [0.717, 1.165) is 6.20 Å². The van der Waals surface area contributed by atoms with Crippen molar-refractivity contribution < 1.29 is 35.8 Å². The highest BCUT2D eigenvalue weighted by atomic mass is 32.2. The second-order valence-corrected chi connectivity index (χ2v) is 9.86. The van der Waals surface area contributed by atoms with Crippen molar-refractivity contribution in [3.63, 3.8) is 0 Å². The first kappa shape index (κ1) is 25.9. The van der Waals surface area contributed by atoms with Gasteiger partial charge in [-0.2, -0.15) is 23.1 Å². The fraction of sp³-hybridized carbons (Fsp3) is 0.429. The Bertz CT molecular complexity index is 1330. The molecular weight excluding hydrogens is 505 g/mol. The molecule has 4 rings (SSSR count). The molecule has 1 aliphatic rings. The summed E-state index contributed by atoms with van der Waals surface area (Å²) in [5.74, 6) is 0.0832. The van der Waals surface area contributed by atoms with Gasteiger partial charge in [0.2, 0.25) is 15.8 Å². The van der Waals surface area contributed by atoms with Crippen LogP contribution in [0.4, 0.5) is 30.6 Å². The standard InChI is InChI=1S/C21H25F3N6O5S/c1-33-7-6-26-18-17-13(21(22,23)24)10-27-19(17)30-20(29-18)28-14-4-3-12(9-15(14)34-2)36(31,32)16-11-25-5-8-35-16/h3-4,9-10,16,25H,5-8,11H2,1-2H3,(H3,26,27,28,29,30). The van der Waals surface area contributed by atoms with Gasteiger partial charge in [0.15, 0.2) is 5.44 Å². The number of sulfone groups is 1. The predicted molar refractivity (Wildman–Crippen MR) is 125 cm³/mol. The quantitative estimate of drug-likeness (QED) is 0.305. The number of methoxy groups -OCH3 is 2. The summed E-state index contributed by atoms with van der Waals surface area (Å²) in [6.45, 7) is 1.45. The zero-order valence-corrected chi connectivity index (χ0v) is 20.2. The number of H-pyrrole nitrogens is 1. The van der Waals surface area contributed by atoms with Crippen LogP contribution in [0, 0.1) is 0 Å². The molecule has 15 heteroatoms. The Morgan fingerprint density at radius 1 is 1.25 bits per heavy atom. The molecule has 1 unspecified atom stereocenters. The molecule has 0 aliphatic carbocycles. The normalized spacial score (nSPS) is 16.8. The SMILES string of the molecule is COCCNc1nc(Nc2ccc(S(=O)(=O)C3CNCCO3)cc2OC)nc2[nH]cc(C(F)(F)F)c12.